The van der Waals surface area contributed by atoms with Gasteiger partial charge in [0.05, 0.1) is 0 Å². The molecule has 0 heterocycles. The van der Waals surface area contributed by atoms with Gasteiger partial charge in [-0.3, -0.25) is 0 Å². The largest absolute Gasteiger partial charge is 0.399 e. The van der Waals surface area contributed by atoms with E-state index in [1.54, 1.807) is 0 Å². The van der Waals surface area contributed by atoms with E-state index in [2.05, 4.69) is 32.0 Å². The molecule has 1 saturated carbocycles. The van der Waals surface area contributed by atoms with Gasteiger partial charge in [0.1, 0.15) is 0 Å². The lowest BCUT2D eigenvalue weighted by Gasteiger charge is -2.31. The lowest BCUT2D eigenvalue weighted by atomic mass is 9.74. The van der Waals surface area contributed by atoms with Crippen LogP contribution in [0.25, 0.3) is 0 Å². The van der Waals surface area contributed by atoms with Crippen molar-refractivity contribution in [2.24, 2.45) is 11.8 Å². The summed E-state index contributed by atoms with van der Waals surface area (Å²) in [5.41, 5.74) is 8.17. The molecule has 1 heteroatoms. The molecule has 0 aromatic heterocycles. The van der Waals surface area contributed by atoms with Gasteiger partial charge in [0.2, 0.25) is 0 Å². The standard InChI is InChI=1S/C14H21N/c1-10-6-11(2)8-13(7-10)12-4-3-5-14(15)9-12/h3-5,9-11,13H,6-8,15H2,1-2H3. The zero-order chi connectivity index (χ0) is 10.8. The summed E-state index contributed by atoms with van der Waals surface area (Å²) in [5.74, 6) is 2.45. The molecule has 2 N–H and O–H groups in total. The highest BCUT2D eigenvalue weighted by atomic mass is 14.5. The summed E-state index contributed by atoms with van der Waals surface area (Å²) in [6.07, 6.45) is 4.04. The minimum absolute atomic E-state index is 0.729. The third kappa shape index (κ3) is 2.53. The van der Waals surface area contributed by atoms with Crippen molar-refractivity contribution in [3.8, 4) is 0 Å². The summed E-state index contributed by atoms with van der Waals surface area (Å²) in [7, 11) is 0. The van der Waals surface area contributed by atoms with Crippen LogP contribution < -0.4 is 5.73 Å². The molecule has 82 valence electrons. The third-order valence-corrected chi connectivity index (χ3v) is 3.56. The van der Waals surface area contributed by atoms with Gasteiger partial charge in [-0.25, -0.2) is 0 Å². The minimum Gasteiger partial charge on any atom is -0.399 e. The Morgan fingerprint density at radius 1 is 1.07 bits per heavy atom. The molecule has 15 heavy (non-hydrogen) atoms. The van der Waals surface area contributed by atoms with Gasteiger partial charge >= 0.3 is 0 Å². The van der Waals surface area contributed by atoms with E-state index in [1.165, 1.54) is 24.8 Å². The van der Waals surface area contributed by atoms with Crippen LogP contribution in [0, 0.1) is 11.8 Å². The Morgan fingerprint density at radius 3 is 2.33 bits per heavy atom. The van der Waals surface area contributed by atoms with Crippen molar-refractivity contribution in [3.05, 3.63) is 29.8 Å². The number of rotatable bonds is 1. The van der Waals surface area contributed by atoms with E-state index < -0.39 is 0 Å². The highest BCUT2D eigenvalue weighted by Gasteiger charge is 2.24. The van der Waals surface area contributed by atoms with Gasteiger partial charge in [-0.1, -0.05) is 26.0 Å². The van der Waals surface area contributed by atoms with Crippen LogP contribution in [0.4, 0.5) is 5.69 Å². The molecule has 0 radical (unpaired) electrons. The first-order valence-corrected chi connectivity index (χ1v) is 6.00. The van der Waals surface area contributed by atoms with Gasteiger partial charge in [0.15, 0.2) is 0 Å². The fourth-order valence-electron chi connectivity index (χ4n) is 3.03. The zero-order valence-corrected chi connectivity index (χ0v) is 9.74. The number of anilines is 1. The lowest BCUT2D eigenvalue weighted by molar-refractivity contribution is 0.268. The van der Waals surface area contributed by atoms with Crippen LogP contribution in [0.5, 0.6) is 0 Å². The maximum atomic E-state index is 5.83. The van der Waals surface area contributed by atoms with E-state index in [1.807, 2.05) is 6.07 Å². The summed E-state index contributed by atoms with van der Waals surface area (Å²) >= 11 is 0. The van der Waals surface area contributed by atoms with Gasteiger partial charge in [0, 0.05) is 5.69 Å². The second-order valence-electron chi connectivity index (χ2n) is 5.28. The van der Waals surface area contributed by atoms with E-state index in [0.29, 0.717) is 0 Å². The van der Waals surface area contributed by atoms with Crippen LogP contribution in [0.1, 0.15) is 44.6 Å². The molecular weight excluding hydrogens is 182 g/mol. The molecule has 2 rings (SSSR count). The Labute approximate surface area is 92.7 Å². The first-order valence-electron chi connectivity index (χ1n) is 6.00. The van der Waals surface area contributed by atoms with Crippen molar-refractivity contribution >= 4 is 5.69 Å². The molecule has 1 aliphatic rings. The van der Waals surface area contributed by atoms with Crippen LogP contribution in [0.2, 0.25) is 0 Å². The van der Waals surface area contributed by atoms with Crippen LogP contribution >= 0.6 is 0 Å². The number of hydrogen-bond donors (Lipinski definition) is 1. The van der Waals surface area contributed by atoms with E-state index in [0.717, 1.165) is 23.4 Å². The SMILES string of the molecule is CC1CC(C)CC(c2cccc(N)c2)C1. The van der Waals surface area contributed by atoms with Crippen molar-refractivity contribution in [2.45, 2.75) is 39.0 Å². The highest BCUT2D eigenvalue weighted by molar-refractivity contribution is 5.41. The second-order valence-corrected chi connectivity index (χ2v) is 5.28. The summed E-state index contributed by atoms with van der Waals surface area (Å²) in [6.45, 7) is 4.74. The normalized spacial score (nSPS) is 31.5. The smallest absolute Gasteiger partial charge is 0.0316 e. The number of hydrogen-bond acceptors (Lipinski definition) is 1. The van der Waals surface area contributed by atoms with Crippen LogP contribution in [0.15, 0.2) is 24.3 Å². The van der Waals surface area contributed by atoms with Gasteiger partial charge in [-0.2, -0.15) is 0 Å². The minimum atomic E-state index is 0.729. The van der Waals surface area contributed by atoms with Crippen LogP contribution in [-0.2, 0) is 0 Å². The molecule has 2 unspecified atom stereocenters. The average molecular weight is 203 g/mol. The summed E-state index contributed by atoms with van der Waals surface area (Å²) in [6, 6.07) is 8.43. The summed E-state index contributed by atoms with van der Waals surface area (Å²) in [5, 5.41) is 0. The first kappa shape index (κ1) is 10.5. The van der Waals surface area contributed by atoms with Crippen LogP contribution in [-0.4, -0.2) is 0 Å². The Morgan fingerprint density at radius 2 is 1.73 bits per heavy atom. The van der Waals surface area contributed by atoms with E-state index in [9.17, 15) is 0 Å². The predicted octanol–water partition coefficient (Wildman–Crippen LogP) is 3.81. The Bertz CT molecular complexity index is 322. The maximum Gasteiger partial charge on any atom is 0.0316 e. The zero-order valence-electron chi connectivity index (χ0n) is 9.74. The Kier molecular flexibility index (Phi) is 2.99. The van der Waals surface area contributed by atoms with Crippen molar-refractivity contribution in [1.29, 1.82) is 0 Å². The lowest BCUT2D eigenvalue weighted by Crippen LogP contribution is -2.18. The molecule has 0 amide bonds. The maximum absolute atomic E-state index is 5.83. The number of nitrogen functional groups attached to an aromatic ring is 1. The molecule has 0 bridgehead atoms. The monoisotopic (exact) mass is 203 g/mol. The summed E-state index contributed by atoms with van der Waals surface area (Å²) < 4.78 is 0. The van der Waals surface area contributed by atoms with E-state index in [4.69, 9.17) is 5.73 Å². The van der Waals surface area contributed by atoms with Crippen LogP contribution in [0.3, 0.4) is 0 Å². The molecule has 0 aliphatic heterocycles. The van der Waals surface area contributed by atoms with Gasteiger partial charge < -0.3 is 5.73 Å². The molecule has 1 fully saturated rings. The van der Waals surface area contributed by atoms with Crippen molar-refractivity contribution in [2.75, 3.05) is 5.73 Å². The highest BCUT2D eigenvalue weighted by Crippen LogP contribution is 2.39. The van der Waals surface area contributed by atoms with Crippen molar-refractivity contribution in [1.82, 2.24) is 0 Å². The molecular formula is C14H21N. The molecule has 1 nitrogen and oxygen atoms in total. The molecule has 2 atom stereocenters. The topological polar surface area (TPSA) is 26.0 Å². The molecule has 1 aromatic rings. The van der Waals surface area contributed by atoms with Gasteiger partial charge in [-0.15, -0.1) is 0 Å². The van der Waals surface area contributed by atoms with Crippen molar-refractivity contribution < 1.29 is 0 Å². The second kappa shape index (κ2) is 4.26. The molecule has 0 saturated heterocycles. The first-order chi connectivity index (χ1) is 7.15. The number of nitrogens with two attached hydrogens (primary N) is 1. The average Bonchev–Trinajstić information content (AvgIpc) is 2.16. The van der Waals surface area contributed by atoms with Gasteiger partial charge in [-0.05, 0) is 54.7 Å². The summed E-state index contributed by atoms with van der Waals surface area (Å²) in [4.78, 5) is 0. The molecule has 1 aliphatic carbocycles. The Balaban J connectivity index is 2.16. The predicted molar refractivity (Wildman–Crippen MR) is 65.8 cm³/mol. The molecule has 0 spiro atoms. The fraction of sp³-hybridized carbons (Fsp3) is 0.571. The van der Waals surface area contributed by atoms with E-state index >= 15 is 0 Å². The van der Waals surface area contributed by atoms with Crippen molar-refractivity contribution in [3.63, 3.8) is 0 Å². The number of benzene rings is 1. The fourth-order valence-corrected chi connectivity index (χ4v) is 3.03. The van der Waals surface area contributed by atoms with E-state index in [-0.39, 0.29) is 0 Å². The third-order valence-electron chi connectivity index (χ3n) is 3.56. The van der Waals surface area contributed by atoms with Gasteiger partial charge in [0.25, 0.3) is 0 Å². The molecule has 1 aromatic carbocycles. The quantitative estimate of drug-likeness (QED) is 0.690. The Hall–Kier alpha value is -0.980.